The molecule has 0 atom stereocenters. The molecule has 5 heteroatoms. The van der Waals surface area contributed by atoms with Gasteiger partial charge in [-0.05, 0) is 18.6 Å². The van der Waals surface area contributed by atoms with Gasteiger partial charge in [-0.25, -0.2) is 0 Å². The predicted octanol–water partition coefficient (Wildman–Crippen LogP) is 0.302. The maximum absolute atomic E-state index is 10.4. The third-order valence-corrected chi connectivity index (χ3v) is 1.41. The Hall–Kier alpha value is -0.840. The molecule has 0 aliphatic heterocycles. The maximum atomic E-state index is 10.4. The normalized spacial score (nSPS) is 8.83. The minimum Gasteiger partial charge on any atom is -0.361 e. The molecule has 1 amide bonds. The standard InChI is InChI=1S/C7H15N3OS/c1-3-4-5-8-7(12)10-9-6(2)11/h3-5H2,1-2H3,(H,9,11)(H2,8,10,12). The first-order valence-electron chi connectivity index (χ1n) is 3.97. The van der Waals surface area contributed by atoms with Crippen molar-refractivity contribution in [1.29, 1.82) is 0 Å². The Kier molecular flexibility index (Phi) is 6.37. The van der Waals surface area contributed by atoms with E-state index in [4.69, 9.17) is 12.2 Å². The van der Waals surface area contributed by atoms with Crippen LogP contribution >= 0.6 is 12.2 Å². The van der Waals surface area contributed by atoms with E-state index in [9.17, 15) is 4.79 Å². The van der Waals surface area contributed by atoms with Crippen LogP contribution in [0.5, 0.6) is 0 Å². The molecular formula is C7H15N3OS. The molecule has 0 radical (unpaired) electrons. The summed E-state index contributed by atoms with van der Waals surface area (Å²) in [6.07, 6.45) is 2.19. The largest absolute Gasteiger partial charge is 0.361 e. The summed E-state index contributed by atoms with van der Waals surface area (Å²) in [5, 5.41) is 3.40. The summed E-state index contributed by atoms with van der Waals surface area (Å²) >= 11 is 4.85. The van der Waals surface area contributed by atoms with E-state index >= 15 is 0 Å². The van der Waals surface area contributed by atoms with Crippen LogP contribution in [-0.4, -0.2) is 17.6 Å². The number of hydrogen-bond acceptors (Lipinski definition) is 2. The molecule has 4 nitrogen and oxygen atoms in total. The minimum atomic E-state index is -0.158. The van der Waals surface area contributed by atoms with Crippen molar-refractivity contribution in [2.24, 2.45) is 0 Å². The summed E-state index contributed by atoms with van der Waals surface area (Å²) in [7, 11) is 0. The first kappa shape index (κ1) is 11.2. The fraction of sp³-hybridized carbons (Fsp3) is 0.714. The molecule has 0 aromatic heterocycles. The summed E-state index contributed by atoms with van der Waals surface area (Å²) in [4.78, 5) is 10.4. The van der Waals surface area contributed by atoms with Crippen molar-refractivity contribution in [2.45, 2.75) is 26.7 Å². The number of unbranched alkanes of at least 4 members (excludes halogenated alkanes) is 1. The fourth-order valence-corrected chi connectivity index (χ4v) is 0.721. The van der Waals surface area contributed by atoms with Crippen LogP contribution in [-0.2, 0) is 4.79 Å². The van der Waals surface area contributed by atoms with E-state index in [-0.39, 0.29) is 5.91 Å². The number of hydrogen-bond donors (Lipinski definition) is 3. The zero-order chi connectivity index (χ0) is 9.40. The van der Waals surface area contributed by atoms with Gasteiger partial charge in [-0.2, -0.15) is 0 Å². The molecule has 3 N–H and O–H groups in total. The first-order chi connectivity index (χ1) is 5.66. The van der Waals surface area contributed by atoms with Gasteiger partial charge in [-0.1, -0.05) is 13.3 Å². The molecule has 0 aromatic rings. The van der Waals surface area contributed by atoms with E-state index in [0.717, 1.165) is 19.4 Å². The third-order valence-electron chi connectivity index (χ3n) is 1.17. The van der Waals surface area contributed by atoms with E-state index in [1.54, 1.807) is 0 Å². The van der Waals surface area contributed by atoms with Gasteiger partial charge in [0.1, 0.15) is 0 Å². The van der Waals surface area contributed by atoms with Crippen molar-refractivity contribution in [3.05, 3.63) is 0 Å². The van der Waals surface area contributed by atoms with Crippen LogP contribution in [0.2, 0.25) is 0 Å². The Labute approximate surface area is 78.1 Å². The molecule has 12 heavy (non-hydrogen) atoms. The number of nitrogens with one attached hydrogen (secondary N) is 3. The number of rotatable bonds is 3. The molecule has 0 unspecified atom stereocenters. The molecule has 0 heterocycles. The second-order valence-electron chi connectivity index (χ2n) is 2.42. The zero-order valence-corrected chi connectivity index (χ0v) is 8.25. The fourth-order valence-electron chi connectivity index (χ4n) is 0.568. The molecule has 0 spiro atoms. The van der Waals surface area contributed by atoms with E-state index in [1.165, 1.54) is 6.92 Å². The zero-order valence-electron chi connectivity index (χ0n) is 7.44. The molecule has 0 aliphatic carbocycles. The Balaban J connectivity index is 3.28. The van der Waals surface area contributed by atoms with Crippen LogP contribution in [0.25, 0.3) is 0 Å². The molecule has 0 aliphatic rings. The topological polar surface area (TPSA) is 53.2 Å². The van der Waals surface area contributed by atoms with Crippen molar-refractivity contribution < 1.29 is 4.79 Å². The van der Waals surface area contributed by atoms with Crippen molar-refractivity contribution in [3.63, 3.8) is 0 Å². The summed E-state index contributed by atoms with van der Waals surface area (Å²) in [6, 6.07) is 0. The quantitative estimate of drug-likeness (QED) is 0.339. The first-order valence-corrected chi connectivity index (χ1v) is 4.38. The van der Waals surface area contributed by atoms with Crippen LogP contribution in [0.3, 0.4) is 0 Å². The lowest BCUT2D eigenvalue weighted by Gasteiger charge is -2.09. The lowest BCUT2D eigenvalue weighted by Crippen LogP contribution is -2.46. The highest BCUT2D eigenvalue weighted by molar-refractivity contribution is 7.80. The average Bonchev–Trinajstić information content (AvgIpc) is 2.01. The smallest absolute Gasteiger partial charge is 0.235 e. The Morgan fingerprint density at radius 3 is 2.58 bits per heavy atom. The highest BCUT2D eigenvalue weighted by Gasteiger charge is 1.93. The maximum Gasteiger partial charge on any atom is 0.235 e. The lowest BCUT2D eigenvalue weighted by molar-refractivity contribution is -0.119. The van der Waals surface area contributed by atoms with Crippen LogP contribution in [0.4, 0.5) is 0 Å². The highest BCUT2D eigenvalue weighted by atomic mass is 32.1. The molecule has 0 rings (SSSR count). The molecule has 0 aromatic carbocycles. The van der Waals surface area contributed by atoms with Crippen molar-refractivity contribution in [1.82, 2.24) is 16.2 Å². The Morgan fingerprint density at radius 1 is 1.42 bits per heavy atom. The van der Waals surface area contributed by atoms with E-state index in [2.05, 4.69) is 23.1 Å². The second kappa shape index (κ2) is 6.84. The van der Waals surface area contributed by atoms with Gasteiger partial charge in [-0.15, -0.1) is 0 Å². The van der Waals surface area contributed by atoms with Gasteiger partial charge >= 0.3 is 0 Å². The predicted molar refractivity (Wildman–Crippen MR) is 52.5 cm³/mol. The number of amides is 1. The Morgan fingerprint density at radius 2 is 2.08 bits per heavy atom. The highest BCUT2D eigenvalue weighted by Crippen LogP contribution is 1.81. The van der Waals surface area contributed by atoms with Crippen LogP contribution in [0.1, 0.15) is 26.7 Å². The summed E-state index contributed by atoms with van der Waals surface area (Å²) in [5.74, 6) is -0.158. The molecule has 0 saturated heterocycles. The molecular weight excluding hydrogens is 174 g/mol. The molecule has 0 bridgehead atoms. The van der Waals surface area contributed by atoms with Crippen LogP contribution in [0.15, 0.2) is 0 Å². The van der Waals surface area contributed by atoms with Crippen LogP contribution in [0, 0.1) is 0 Å². The van der Waals surface area contributed by atoms with Crippen molar-refractivity contribution in [2.75, 3.05) is 6.54 Å². The van der Waals surface area contributed by atoms with Crippen LogP contribution < -0.4 is 16.2 Å². The SMILES string of the molecule is CCCCNC(=S)NNC(C)=O. The van der Waals surface area contributed by atoms with Gasteiger partial charge in [0, 0.05) is 13.5 Å². The number of thiocarbonyl (C=S) groups is 1. The third kappa shape index (κ3) is 7.27. The number of carbonyl (C=O) groups is 1. The summed E-state index contributed by atoms with van der Waals surface area (Å²) in [5.41, 5.74) is 4.94. The van der Waals surface area contributed by atoms with E-state index in [1.807, 2.05) is 0 Å². The van der Waals surface area contributed by atoms with E-state index in [0.29, 0.717) is 5.11 Å². The minimum absolute atomic E-state index is 0.158. The van der Waals surface area contributed by atoms with Gasteiger partial charge in [0.05, 0.1) is 0 Å². The Bertz CT molecular complexity index is 161. The molecule has 0 fully saturated rings. The lowest BCUT2D eigenvalue weighted by atomic mass is 10.3. The monoisotopic (exact) mass is 189 g/mol. The van der Waals surface area contributed by atoms with Gasteiger partial charge in [-0.3, -0.25) is 15.6 Å². The summed E-state index contributed by atoms with van der Waals surface area (Å²) < 4.78 is 0. The summed E-state index contributed by atoms with van der Waals surface area (Å²) in [6.45, 7) is 4.36. The van der Waals surface area contributed by atoms with Crippen molar-refractivity contribution in [3.8, 4) is 0 Å². The second-order valence-corrected chi connectivity index (χ2v) is 2.82. The molecule has 70 valence electrons. The van der Waals surface area contributed by atoms with E-state index < -0.39 is 0 Å². The van der Waals surface area contributed by atoms with Gasteiger partial charge in [0.2, 0.25) is 5.91 Å². The molecule has 0 saturated carbocycles. The number of hydrazine groups is 1. The average molecular weight is 189 g/mol. The van der Waals surface area contributed by atoms with Gasteiger partial charge in [0.25, 0.3) is 0 Å². The van der Waals surface area contributed by atoms with Gasteiger partial charge < -0.3 is 5.32 Å². The van der Waals surface area contributed by atoms with Crippen molar-refractivity contribution >= 4 is 23.2 Å². The van der Waals surface area contributed by atoms with Gasteiger partial charge in [0.15, 0.2) is 5.11 Å². The number of carbonyl (C=O) groups excluding carboxylic acids is 1.